The van der Waals surface area contributed by atoms with Gasteiger partial charge in [-0.2, -0.15) is 0 Å². The lowest BCUT2D eigenvalue weighted by atomic mass is 10.0. The average Bonchev–Trinajstić information content (AvgIpc) is 3.37. The van der Waals surface area contributed by atoms with Gasteiger partial charge in [-0.15, -0.1) is 5.10 Å². The summed E-state index contributed by atoms with van der Waals surface area (Å²) in [7, 11) is 0. The van der Waals surface area contributed by atoms with Crippen molar-refractivity contribution in [1.82, 2.24) is 30.8 Å². The van der Waals surface area contributed by atoms with Gasteiger partial charge in [0.15, 0.2) is 5.82 Å². The summed E-state index contributed by atoms with van der Waals surface area (Å²) in [5.41, 5.74) is -0.114. The smallest absolute Gasteiger partial charge is 0.444 e. The molecule has 0 fully saturated rings. The molecule has 3 aromatic rings. The highest BCUT2D eigenvalue weighted by atomic mass is 16.7. The third-order valence-corrected chi connectivity index (χ3v) is 5.70. The first-order valence-corrected chi connectivity index (χ1v) is 13.4. The fourth-order valence-electron chi connectivity index (χ4n) is 3.57. The Balaban J connectivity index is 1.66. The van der Waals surface area contributed by atoms with Crippen LogP contribution in [-0.2, 0) is 32.2 Å². The average molecular weight is 583 g/mol. The molecule has 0 aliphatic heterocycles. The van der Waals surface area contributed by atoms with E-state index in [4.69, 9.17) is 18.9 Å². The van der Waals surface area contributed by atoms with Gasteiger partial charge in [0.25, 0.3) is 0 Å². The topological polar surface area (TPSA) is 156 Å². The van der Waals surface area contributed by atoms with Crippen LogP contribution < -0.4 is 15.4 Å². The molecule has 13 heteroatoms. The number of aromatic nitrogens is 4. The standard InChI is InChI=1S/C29H38N6O7/c1-20-12-14-22(15-13-20)41-27(38)40-17-16-35-24(32-33-34-35)23(19-39-18-21-10-8-7-9-11-21)30-25(36)29(5,6)31-26(37)42-28(2,3)4/h7-15,23H,16-19H2,1-6H3,(H,30,36)(H,31,37)/t23-/m1/s1. The summed E-state index contributed by atoms with van der Waals surface area (Å²) in [6, 6.07) is 15.7. The van der Waals surface area contributed by atoms with Gasteiger partial charge < -0.3 is 29.6 Å². The van der Waals surface area contributed by atoms with Crippen LogP contribution in [0.1, 0.15) is 57.6 Å². The van der Waals surface area contributed by atoms with E-state index in [2.05, 4.69) is 26.2 Å². The van der Waals surface area contributed by atoms with Gasteiger partial charge in [0, 0.05) is 0 Å². The number of amides is 2. The van der Waals surface area contributed by atoms with Gasteiger partial charge in [-0.25, -0.2) is 14.3 Å². The molecule has 1 aromatic heterocycles. The van der Waals surface area contributed by atoms with Crippen LogP contribution >= 0.6 is 0 Å². The van der Waals surface area contributed by atoms with Crippen LogP contribution in [0.15, 0.2) is 54.6 Å². The largest absolute Gasteiger partial charge is 0.513 e. The zero-order chi connectivity index (χ0) is 30.8. The molecule has 0 saturated heterocycles. The van der Waals surface area contributed by atoms with Crippen LogP contribution in [0.3, 0.4) is 0 Å². The summed E-state index contributed by atoms with van der Waals surface area (Å²) in [6.07, 6.45) is -1.61. The summed E-state index contributed by atoms with van der Waals surface area (Å²) in [6.45, 7) is 10.5. The normalized spacial score (nSPS) is 12.2. The Labute approximate surface area is 244 Å². The molecule has 0 aliphatic rings. The highest BCUT2D eigenvalue weighted by molar-refractivity contribution is 5.89. The third kappa shape index (κ3) is 10.5. The first kappa shape index (κ1) is 32.0. The van der Waals surface area contributed by atoms with Crippen LogP contribution in [0.5, 0.6) is 5.75 Å². The van der Waals surface area contributed by atoms with Crippen LogP contribution in [0, 0.1) is 6.92 Å². The van der Waals surface area contributed by atoms with Crippen molar-refractivity contribution < 1.29 is 33.3 Å². The number of aryl methyl sites for hydroxylation is 1. The van der Waals surface area contributed by atoms with Gasteiger partial charge in [0.1, 0.15) is 29.5 Å². The number of carbonyl (C=O) groups is 3. The molecule has 0 unspecified atom stereocenters. The van der Waals surface area contributed by atoms with Crippen molar-refractivity contribution in [3.05, 3.63) is 71.5 Å². The number of hydrogen-bond acceptors (Lipinski definition) is 10. The molecule has 0 spiro atoms. The Bertz CT molecular complexity index is 1320. The highest BCUT2D eigenvalue weighted by Crippen LogP contribution is 2.16. The number of hydrogen-bond donors (Lipinski definition) is 2. The third-order valence-electron chi connectivity index (χ3n) is 5.70. The summed E-state index contributed by atoms with van der Waals surface area (Å²) in [5.74, 6) is 0.101. The van der Waals surface area contributed by atoms with Crippen LogP contribution in [0.2, 0.25) is 0 Å². The molecule has 0 bridgehead atoms. The van der Waals surface area contributed by atoms with E-state index in [0.717, 1.165) is 11.1 Å². The number of ether oxygens (including phenoxy) is 4. The number of tetrazole rings is 1. The van der Waals surface area contributed by atoms with Crippen molar-refractivity contribution in [2.24, 2.45) is 0 Å². The maximum Gasteiger partial charge on any atom is 0.513 e. The highest BCUT2D eigenvalue weighted by Gasteiger charge is 2.34. The van der Waals surface area contributed by atoms with Crippen LogP contribution in [-0.4, -0.2) is 62.7 Å². The molecule has 1 heterocycles. The first-order chi connectivity index (χ1) is 19.8. The number of benzene rings is 2. The van der Waals surface area contributed by atoms with Crippen LogP contribution in [0.4, 0.5) is 9.59 Å². The van der Waals surface area contributed by atoms with Gasteiger partial charge in [-0.1, -0.05) is 48.0 Å². The number of nitrogens with one attached hydrogen (secondary N) is 2. The second-order valence-corrected chi connectivity index (χ2v) is 11.1. The molecule has 13 nitrogen and oxygen atoms in total. The van der Waals surface area contributed by atoms with Crippen molar-refractivity contribution in [1.29, 1.82) is 0 Å². The summed E-state index contributed by atoms with van der Waals surface area (Å²) in [4.78, 5) is 37.8. The predicted molar refractivity (Wildman–Crippen MR) is 151 cm³/mol. The molecule has 2 aromatic carbocycles. The fourth-order valence-corrected chi connectivity index (χ4v) is 3.57. The van der Waals surface area contributed by atoms with E-state index in [9.17, 15) is 14.4 Å². The van der Waals surface area contributed by atoms with E-state index in [1.807, 2.05) is 49.4 Å². The van der Waals surface area contributed by atoms with Crippen molar-refractivity contribution >= 4 is 18.2 Å². The molecule has 2 N–H and O–H groups in total. The van der Waals surface area contributed by atoms with E-state index >= 15 is 0 Å². The second-order valence-electron chi connectivity index (χ2n) is 11.1. The fraction of sp³-hybridized carbons (Fsp3) is 0.448. The molecule has 42 heavy (non-hydrogen) atoms. The van der Waals surface area contributed by atoms with E-state index < -0.39 is 35.3 Å². The van der Waals surface area contributed by atoms with Gasteiger partial charge in [0.05, 0.1) is 19.8 Å². The molecular formula is C29H38N6O7. The second kappa shape index (κ2) is 14.4. The molecule has 0 saturated carbocycles. The number of carbonyl (C=O) groups excluding carboxylic acids is 3. The van der Waals surface area contributed by atoms with Crippen molar-refractivity contribution in [3.63, 3.8) is 0 Å². The molecular weight excluding hydrogens is 544 g/mol. The number of rotatable bonds is 12. The maximum atomic E-state index is 13.3. The zero-order valence-electron chi connectivity index (χ0n) is 24.7. The summed E-state index contributed by atoms with van der Waals surface area (Å²) >= 11 is 0. The Morgan fingerprint density at radius 2 is 1.67 bits per heavy atom. The zero-order valence-corrected chi connectivity index (χ0v) is 24.7. The molecule has 0 aliphatic carbocycles. The molecule has 1 atom stereocenters. The Morgan fingerprint density at radius 3 is 2.33 bits per heavy atom. The quantitative estimate of drug-likeness (QED) is 0.237. The summed E-state index contributed by atoms with van der Waals surface area (Å²) in [5, 5.41) is 17.2. The Morgan fingerprint density at radius 1 is 0.976 bits per heavy atom. The van der Waals surface area contributed by atoms with Gasteiger partial charge in [0.2, 0.25) is 5.91 Å². The van der Waals surface area contributed by atoms with Gasteiger partial charge in [-0.3, -0.25) is 4.79 Å². The monoisotopic (exact) mass is 582 g/mol. The molecule has 3 rings (SSSR count). The lowest BCUT2D eigenvalue weighted by Crippen LogP contribution is -2.56. The first-order valence-electron chi connectivity index (χ1n) is 13.4. The molecule has 2 amide bonds. The number of alkyl carbamates (subject to hydrolysis) is 1. The van der Waals surface area contributed by atoms with E-state index in [1.54, 1.807) is 46.8 Å². The van der Waals surface area contributed by atoms with Crippen molar-refractivity contribution in [3.8, 4) is 5.75 Å². The lowest BCUT2D eigenvalue weighted by Gasteiger charge is -2.29. The predicted octanol–water partition coefficient (Wildman–Crippen LogP) is 3.87. The van der Waals surface area contributed by atoms with Gasteiger partial charge >= 0.3 is 12.2 Å². The minimum Gasteiger partial charge on any atom is -0.444 e. The van der Waals surface area contributed by atoms with Gasteiger partial charge in [-0.05, 0) is 69.7 Å². The van der Waals surface area contributed by atoms with Crippen molar-refractivity contribution in [2.45, 2.75) is 71.9 Å². The van der Waals surface area contributed by atoms with E-state index in [-0.39, 0.29) is 32.2 Å². The van der Waals surface area contributed by atoms with E-state index in [0.29, 0.717) is 5.75 Å². The lowest BCUT2D eigenvalue weighted by molar-refractivity contribution is -0.127. The maximum absolute atomic E-state index is 13.3. The molecule has 0 radical (unpaired) electrons. The Hall–Kier alpha value is -4.52. The van der Waals surface area contributed by atoms with E-state index in [1.165, 1.54) is 4.68 Å². The Kier molecular flexibility index (Phi) is 11.0. The van der Waals surface area contributed by atoms with Crippen LogP contribution in [0.25, 0.3) is 0 Å². The van der Waals surface area contributed by atoms with Crippen molar-refractivity contribution in [2.75, 3.05) is 13.2 Å². The SMILES string of the molecule is Cc1ccc(OC(=O)OCCn2nnnc2[C@@H](COCc2ccccc2)NC(=O)C(C)(C)NC(=O)OC(C)(C)C)cc1. The minimum atomic E-state index is -1.35. The minimum absolute atomic E-state index is 0.0137. The molecule has 226 valence electrons. The number of nitrogens with zero attached hydrogens (tertiary/aromatic N) is 4. The summed E-state index contributed by atoms with van der Waals surface area (Å²) < 4.78 is 22.9.